The summed E-state index contributed by atoms with van der Waals surface area (Å²) in [5.74, 6) is -0.115. The molecule has 0 unspecified atom stereocenters. The van der Waals surface area contributed by atoms with Crippen LogP contribution in [0, 0.1) is 0 Å². The van der Waals surface area contributed by atoms with Gasteiger partial charge in [-0.25, -0.2) is 0 Å². The fourth-order valence-corrected chi connectivity index (χ4v) is 3.95. The summed E-state index contributed by atoms with van der Waals surface area (Å²) >= 11 is 0. The molecule has 0 saturated carbocycles. The lowest BCUT2D eigenvalue weighted by atomic mass is 9.82. The first-order valence-corrected chi connectivity index (χ1v) is 8.22. The van der Waals surface area contributed by atoms with Crippen molar-refractivity contribution in [2.75, 3.05) is 0 Å². The van der Waals surface area contributed by atoms with Crippen molar-refractivity contribution in [3.63, 3.8) is 0 Å². The molecular formula is C20H16O5. The summed E-state index contributed by atoms with van der Waals surface area (Å²) in [6, 6.07) is 14.3. The van der Waals surface area contributed by atoms with Gasteiger partial charge in [-0.1, -0.05) is 24.3 Å². The van der Waals surface area contributed by atoms with Crippen molar-refractivity contribution in [2.24, 2.45) is 0 Å². The topological polar surface area (TPSA) is 79.2 Å². The van der Waals surface area contributed by atoms with Gasteiger partial charge in [0.1, 0.15) is 23.0 Å². The number of aliphatic hydroxyl groups excluding tert-OH is 1. The molecule has 1 aliphatic heterocycles. The molecule has 5 heteroatoms. The van der Waals surface area contributed by atoms with E-state index in [2.05, 4.69) is 0 Å². The average molecular weight is 336 g/mol. The van der Waals surface area contributed by atoms with E-state index in [1.807, 2.05) is 36.4 Å². The SMILES string of the molecule is Oc1ccc(O)c2c1[C@@H](O)CCC21Oc2cccc3cccc(c23)O1. The minimum Gasteiger partial charge on any atom is -0.508 e. The highest BCUT2D eigenvalue weighted by Crippen LogP contribution is 2.54. The molecule has 0 radical (unpaired) electrons. The van der Waals surface area contributed by atoms with E-state index in [1.165, 1.54) is 12.1 Å². The summed E-state index contributed by atoms with van der Waals surface area (Å²) < 4.78 is 12.5. The highest BCUT2D eigenvalue weighted by atomic mass is 16.7. The normalized spacial score (nSPS) is 20.0. The van der Waals surface area contributed by atoms with Gasteiger partial charge in [-0.05, 0) is 36.1 Å². The third kappa shape index (κ3) is 1.87. The van der Waals surface area contributed by atoms with E-state index in [0.717, 1.165) is 10.8 Å². The Kier molecular flexibility index (Phi) is 2.77. The number of benzene rings is 3. The van der Waals surface area contributed by atoms with Crippen LogP contribution in [0.5, 0.6) is 23.0 Å². The van der Waals surface area contributed by atoms with Gasteiger partial charge in [0.05, 0.1) is 17.1 Å². The van der Waals surface area contributed by atoms with E-state index >= 15 is 0 Å². The molecule has 1 heterocycles. The summed E-state index contributed by atoms with van der Waals surface area (Å²) in [6.07, 6.45) is -0.182. The Morgan fingerprint density at radius 2 is 1.52 bits per heavy atom. The molecule has 3 aromatic carbocycles. The van der Waals surface area contributed by atoms with Crippen molar-refractivity contribution in [3.8, 4) is 23.0 Å². The highest BCUT2D eigenvalue weighted by Gasteiger charge is 2.49. The predicted octanol–water partition coefficient (Wildman–Crippen LogP) is 3.70. The Hall–Kier alpha value is -2.92. The number of fused-ring (bicyclic) bond motifs is 2. The Bertz CT molecular complexity index is 970. The largest absolute Gasteiger partial charge is 0.508 e. The first kappa shape index (κ1) is 14.4. The molecule has 5 nitrogen and oxygen atoms in total. The molecule has 0 aromatic heterocycles. The van der Waals surface area contributed by atoms with Gasteiger partial charge in [0.2, 0.25) is 0 Å². The highest BCUT2D eigenvalue weighted by molar-refractivity contribution is 5.94. The number of aliphatic hydroxyl groups is 1. The van der Waals surface area contributed by atoms with Gasteiger partial charge in [-0.3, -0.25) is 0 Å². The van der Waals surface area contributed by atoms with E-state index in [9.17, 15) is 15.3 Å². The summed E-state index contributed by atoms with van der Waals surface area (Å²) in [6.45, 7) is 0. The van der Waals surface area contributed by atoms with Crippen molar-refractivity contribution >= 4 is 10.8 Å². The zero-order chi connectivity index (χ0) is 17.2. The summed E-state index contributed by atoms with van der Waals surface area (Å²) in [4.78, 5) is 0. The molecule has 5 rings (SSSR count). The third-order valence-electron chi connectivity index (χ3n) is 5.04. The Balaban J connectivity index is 1.78. The smallest absolute Gasteiger partial charge is 0.282 e. The number of phenols is 2. The van der Waals surface area contributed by atoms with Gasteiger partial charge >= 0.3 is 0 Å². The molecule has 0 fully saturated rings. The Morgan fingerprint density at radius 3 is 2.20 bits per heavy atom. The molecule has 25 heavy (non-hydrogen) atoms. The van der Waals surface area contributed by atoms with Crippen LogP contribution in [0.2, 0.25) is 0 Å². The van der Waals surface area contributed by atoms with Crippen LogP contribution in [-0.4, -0.2) is 15.3 Å². The van der Waals surface area contributed by atoms with E-state index in [0.29, 0.717) is 24.3 Å². The second-order valence-corrected chi connectivity index (χ2v) is 6.51. The summed E-state index contributed by atoms with van der Waals surface area (Å²) in [5.41, 5.74) is 0.551. The molecule has 126 valence electrons. The molecule has 0 saturated heterocycles. The number of ether oxygens (including phenoxy) is 2. The monoisotopic (exact) mass is 336 g/mol. The van der Waals surface area contributed by atoms with Crippen LogP contribution in [0.1, 0.15) is 30.1 Å². The number of rotatable bonds is 0. The van der Waals surface area contributed by atoms with Crippen molar-refractivity contribution in [2.45, 2.75) is 24.7 Å². The standard InChI is InChI=1S/C20H16O5/c21-12-7-8-14(23)19-18(12)13(22)9-10-20(19)24-15-5-1-3-11-4-2-6-16(25-20)17(11)15/h1-8,13,21-23H,9-10H2/t13-/m0/s1. The van der Waals surface area contributed by atoms with Crippen molar-refractivity contribution in [3.05, 3.63) is 59.7 Å². The fraction of sp³-hybridized carbons (Fsp3) is 0.200. The van der Waals surface area contributed by atoms with Crippen LogP contribution in [0.3, 0.4) is 0 Å². The third-order valence-corrected chi connectivity index (χ3v) is 5.04. The van der Waals surface area contributed by atoms with E-state index in [1.54, 1.807) is 0 Å². The van der Waals surface area contributed by atoms with Crippen LogP contribution >= 0.6 is 0 Å². The second-order valence-electron chi connectivity index (χ2n) is 6.51. The lowest BCUT2D eigenvalue weighted by Crippen LogP contribution is -2.45. The van der Waals surface area contributed by atoms with Crippen LogP contribution in [0.15, 0.2) is 48.5 Å². The van der Waals surface area contributed by atoms with Crippen LogP contribution < -0.4 is 9.47 Å². The molecule has 1 spiro atoms. The van der Waals surface area contributed by atoms with Gasteiger partial charge in [0, 0.05) is 12.0 Å². The maximum Gasteiger partial charge on any atom is 0.282 e. The molecule has 0 amide bonds. The quantitative estimate of drug-likeness (QED) is 0.546. The first-order chi connectivity index (χ1) is 12.1. The molecule has 0 bridgehead atoms. The molecule has 1 atom stereocenters. The van der Waals surface area contributed by atoms with E-state index in [-0.39, 0.29) is 22.6 Å². The van der Waals surface area contributed by atoms with E-state index in [4.69, 9.17) is 9.47 Å². The first-order valence-electron chi connectivity index (χ1n) is 8.22. The average Bonchev–Trinajstić information content (AvgIpc) is 2.61. The van der Waals surface area contributed by atoms with Gasteiger partial charge in [0.25, 0.3) is 5.79 Å². The number of aromatic hydroxyl groups is 2. The zero-order valence-corrected chi connectivity index (χ0v) is 13.3. The minimum atomic E-state index is -1.28. The Morgan fingerprint density at radius 1 is 0.880 bits per heavy atom. The van der Waals surface area contributed by atoms with E-state index < -0.39 is 11.9 Å². The van der Waals surface area contributed by atoms with Crippen LogP contribution in [-0.2, 0) is 5.79 Å². The molecular weight excluding hydrogens is 320 g/mol. The van der Waals surface area contributed by atoms with Gasteiger partial charge in [0.15, 0.2) is 0 Å². The van der Waals surface area contributed by atoms with Crippen molar-refractivity contribution in [1.29, 1.82) is 0 Å². The molecule has 3 aromatic rings. The Labute approximate surface area is 143 Å². The lowest BCUT2D eigenvalue weighted by Gasteiger charge is -2.43. The van der Waals surface area contributed by atoms with Gasteiger partial charge < -0.3 is 24.8 Å². The van der Waals surface area contributed by atoms with Crippen molar-refractivity contribution < 1.29 is 24.8 Å². The number of phenolic OH excluding ortho intramolecular Hbond substituents is 2. The maximum absolute atomic E-state index is 10.5. The molecule has 1 aliphatic carbocycles. The minimum absolute atomic E-state index is 0.0712. The van der Waals surface area contributed by atoms with Gasteiger partial charge in [-0.2, -0.15) is 0 Å². The number of hydrogen-bond donors (Lipinski definition) is 3. The zero-order valence-electron chi connectivity index (χ0n) is 13.3. The van der Waals surface area contributed by atoms with Gasteiger partial charge in [-0.15, -0.1) is 0 Å². The second kappa shape index (κ2) is 4.80. The lowest BCUT2D eigenvalue weighted by molar-refractivity contribution is -0.148. The van der Waals surface area contributed by atoms with Crippen LogP contribution in [0.25, 0.3) is 10.8 Å². The maximum atomic E-state index is 10.5. The number of hydrogen-bond acceptors (Lipinski definition) is 5. The molecule has 2 aliphatic rings. The fourth-order valence-electron chi connectivity index (χ4n) is 3.95. The molecule has 3 N–H and O–H groups in total. The van der Waals surface area contributed by atoms with Crippen LogP contribution in [0.4, 0.5) is 0 Å². The summed E-state index contributed by atoms with van der Waals surface area (Å²) in [7, 11) is 0. The predicted molar refractivity (Wildman–Crippen MR) is 90.8 cm³/mol. The summed E-state index contributed by atoms with van der Waals surface area (Å²) in [5, 5.41) is 32.9. The van der Waals surface area contributed by atoms with Crippen molar-refractivity contribution in [1.82, 2.24) is 0 Å².